The number of hydrogen-bond donors (Lipinski definition) is 1. The predicted molar refractivity (Wildman–Crippen MR) is 106 cm³/mol. The van der Waals surface area contributed by atoms with Crippen molar-refractivity contribution in [2.75, 3.05) is 12.4 Å². The van der Waals surface area contributed by atoms with Gasteiger partial charge in [0.15, 0.2) is 0 Å². The number of hydrogen-bond acceptors (Lipinski definition) is 4. The molecule has 1 atom stereocenters. The predicted octanol–water partition coefficient (Wildman–Crippen LogP) is 2.67. The molecule has 1 N–H and O–H groups in total. The molecule has 0 bridgehead atoms. The third kappa shape index (κ3) is 2.19. The van der Waals surface area contributed by atoms with Gasteiger partial charge in [-0.15, -0.1) is 0 Å². The number of imidazole rings is 1. The molecule has 3 heterocycles. The van der Waals surface area contributed by atoms with Gasteiger partial charge in [0.1, 0.15) is 11.6 Å². The van der Waals surface area contributed by atoms with E-state index in [0.717, 1.165) is 16.6 Å². The Balaban J connectivity index is 1.91. The van der Waals surface area contributed by atoms with Gasteiger partial charge in [-0.2, -0.15) is 0 Å². The van der Waals surface area contributed by atoms with Crippen LogP contribution >= 0.6 is 0 Å². The molecule has 2 aromatic carbocycles. The van der Waals surface area contributed by atoms with Gasteiger partial charge in [0.25, 0.3) is 5.56 Å². The zero-order valence-corrected chi connectivity index (χ0v) is 15.5. The first kappa shape index (κ1) is 16.6. The van der Waals surface area contributed by atoms with Crippen molar-refractivity contribution < 1.29 is 9.53 Å². The van der Waals surface area contributed by atoms with E-state index in [-0.39, 0.29) is 17.9 Å². The summed E-state index contributed by atoms with van der Waals surface area (Å²) in [6.07, 6.45) is 0.181. The molecule has 1 amide bonds. The molecule has 0 radical (unpaired) electrons. The van der Waals surface area contributed by atoms with E-state index in [2.05, 4.69) is 10.3 Å². The molecule has 0 spiro atoms. The highest BCUT2D eigenvalue weighted by molar-refractivity contribution is 5.96. The van der Waals surface area contributed by atoms with Crippen LogP contribution in [0.5, 0.6) is 5.75 Å². The van der Waals surface area contributed by atoms with E-state index in [4.69, 9.17) is 4.74 Å². The third-order valence-electron chi connectivity index (χ3n) is 5.37. The largest absolute Gasteiger partial charge is 0.496 e. The van der Waals surface area contributed by atoms with Gasteiger partial charge in [-0.05, 0) is 18.2 Å². The summed E-state index contributed by atoms with van der Waals surface area (Å²) in [5.74, 6) is 1.09. The summed E-state index contributed by atoms with van der Waals surface area (Å²) in [5, 5.41) is 2.92. The molecule has 2 aromatic heterocycles. The molecular formula is C21H18N4O3. The van der Waals surface area contributed by atoms with Gasteiger partial charge in [0.2, 0.25) is 11.7 Å². The van der Waals surface area contributed by atoms with Crippen LogP contribution in [0, 0.1) is 0 Å². The molecule has 0 saturated carbocycles. The van der Waals surface area contributed by atoms with Crippen molar-refractivity contribution >= 4 is 28.5 Å². The molecule has 1 aliphatic heterocycles. The summed E-state index contributed by atoms with van der Waals surface area (Å²) in [5.41, 5.74) is 2.79. The summed E-state index contributed by atoms with van der Waals surface area (Å²) < 4.78 is 8.90. The van der Waals surface area contributed by atoms with Crippen molar-refractivity contribution in [2.24, 2.45) is 7.05 Å². The minimum absolute atomic E-state index is 0.143. The Labute approximate surface area is 160 Å². The van der Waals surface area contributed by atoms with Crippen molar-refractivity contribution in [3.8, 4) is 5.75 Å². The molecular weight excluding hydrogens is 356 g/mol. The van der Waals surface area contributed by atoms with Gasteiger partial charge in [-0.3, -0.25) is 18.6 Å². The first-order valence-electron chi connectivity index (χ1n) is 9.03. The zero-order chi connectivity index (χ0) is 19.4. The highest BCUT2D eigenvalue weighted by Crippen LogP contribution is 2.39. The lowest BCUT2D eigenvalue weighted by atomic mass is 9.86. The minimum Gasteiger partial charge on any atom is -0.496 e. The first-order valence-corrected chi connectivity index (χ1v) is 9.03. The number of ether oxygens (including phenoxy) is 1. The van der Waals surface area contributed by atoms with Crippen LogP contribution in [-0.4, -0.2) is 27.0 Å². The number of fused-ring (bicyclic) bond motifs is 5. The van der Waals surface area contributed by atoms with Crippen molar-refractivity contribution in [3.05, 3.63) is 70.0 Å². The zero-order valence-electron chi connectivity index (χ0n) is 15.5. The monoisotopic (exact) mass is 374 g/mol. The van der Waals surface area contributed by atoms with Crippen LogP contribution in [0.2, 0.25) is 0 Å². The maximum Gasteiger partial charge on any atom is 0.260 e. The number of nitrogens with zero attached hydrogens (tertiary/aromatic N) is 3. The number of methoxy groups -OCH3 is 1. The van der Waals surface area contributed by atoms with Crippen LogP contribution < -0.4 is 15.6 Å². The smallest absolute Gasteiger partial charge is 0.260 e. The number of anilines is 1. The number of carbonyl (C=O) groups is 1. The lowest BCUT2D eigenvalue weighted by Crippen LogP contribution is -2.35. The first-order chi connectivity index (χ1) is 13.6. The van der Waals surface area contributed by atoms with Crippen LogP contribution in [-0.2, 0) is 11.8 Å². The number of aromatic nitrogens is 3. The Morgan fingerprint density at radius 2 is 1.86 bits per heavy atom. The number of para-hydroxylation sites is 3. The Morgan fingerprint density at radius 3 is 2.68 bits per heavy atom. The fraction of sp³-hybridized carbons (Fsp3) is 0.190. The molecule has 1 unspecified atom stereocenters. The van der Waals surface area contributed by atoms with Gasteiger partial charge >= 0.3 is 0 Å². The summed E-state index contributed by atoms with van der Waals surface area (Å²) in [4.78, 5) is 30.5. The maximum atomic E-state index is 13.3. The van der Waals surface area contributed by atoms with Crippen molar-refractivity contribution in [1.29, 1.82) is 0 Å². The second-order valence-corrected chi connectivity index (χ2v) is 6.91. The van der Waals surface area contributed by atoms with Crippen molar-refractivity contribution in [3.63, 3.8) is 0 Å². The quantitative estimate of drug-likeness (QED) is 0.585. The van der Waals surface area contributed by atoms with Crippen LogP contribution in [0.15, 0.2) is 53.3 Å². The maximum absolute atomic E-state index is 13.3. The fourth-order valence-electron chi connectivity index (χ4n) is 4.08. The van der Waals surface area contributed by atoms with Gasteiger partial charge < -0.3 is 10.1 Å². The lowest BCUT2D eigenvalue weighted by Gasteiger charge is -2.27. The molecule has 140 valence electrons. The van der Waals surface area contributed by atoms with Gasteiger partial charge in [-0.25, -0.2) is 4.98 Å². The van der Waals surface area contributed by atoms with Crippen LogP contribution in [0.25, 0.3) is 16.8 Å². The van der Waals surface area contributed by atoms with Gasteiger partial charge in [-0.1, -0.05) is 30.3 Å². The number of rotatable bonds is 2. The standard InChI is InChI=1S/C21H18N4O3/c1-24-20(27)18-13(12-7-3-6-10-16(12)28-2)11-17(26)23-19(18)25-15-9-5-4-8-14(15)22-21(24)25/h3-10,13H,11H2,1-2H3,(H,23,26). The topological polar surface area (TPSA) is 77.6 Å². The third-order valence-corrected chi connectivity index (χ3v) is 5.37. The summed E-state index contributed by atoms with van der Waals surface area (Å²) in [6.45, 7) is 0. The number of carbonyl (C=O) groups excluding carboxylic acids is 1. The number of amides is 1. The fourth-order valence-corrected chi connectivity index (χ4v) is 4.08. The molecule has 1 aliphatic rings. The van der Waals surface area contributed by atoms with E-state index in [0.29, 0.717) is 22.9 Å². The number of benzene rings is 2. The van der Waals surface area contributed by atoms with Gasteiger partial charge in [0, 0.05) is 24.9 Å². The van der Waals surface area contributed by atoms with E-state index in [9.17, 15) is 9.59 Å². The SMILES string of the molecule is COc1ccccc1C1CC(=O)Nc2c1c(=O)n(C)c1nc3ccccc3n21. The molecule has 0 aliphatic carbocycles. The average molecular weight is 374 g/mol. The van der Waals surface area contributed by atoms with Crippen LogP contribution in [0.1, 0.15) is 23.5 Å². The second-order valence-electron chi connectivity index (χ2n) is 6.91. The van der Waals surface area contributed by atoms with Crippen molar-refractivity contribution in [1.82, 2.24) is 14.0 Å². The summed E-state index contributed by atoms with van der Waals surface area (Å²) in [6, 6.07) is 15.1. The number of aryl methyl sites for hydroxylation is 1. The normalized spacial score (nSPS) is 16.2. The molecule has 7 heteroatoms. The Kier molecular flexibility index (Phi) is 3.52. The van der Waals surface area contributed by atoms with Crippen LogP contribution in [0.3, 0.4) is 0 Å². The second kappa shape index (κ2) is 5.95. The minimum atomic E-state index is -0.399. The highest BCUT2D eigenvalue weighted by Gasteiger charge is 2.34. The van der Waals surface area contributed by atoms with Gasteiger partial charge in [0.05, 0.1) is 23.7 Å². The van der Waals surface area contributed by atoms with Crippen LogP contribution in [0.4, 0.5) is 5.82 Å². The summed E-state index contributed by atoms with van der Waals surface area (Å²) >= 11 is 0. The molecule has 4 aromatic rings. The molecule has 5 rings (SSSR count). The average Bonchev–Trinajstić information content (AvgIpc) is 3.11. The molecule has 28 heavy (non-hydrogen) atoms. The Hall–Kier alpha value is -3.61. The highest BCUT2D eigenvalue weighted by atomic mass is 16.5. The summed E-state index contributed by atoms with van der Waals surface area (Å²) in [7, 11) is 3.30. The van der Waals surface area contributed by atoms with E-state index < -0.39 is 5.92 Å². The molecule has 0 fully saturated rings. The Morgan fingerprint density at radius 1 is 1.11 bits per heavy atom. The molecule has 7 nitrogen and oxygen atoms in total. The molecule has 0 saturated heterocycles. The lowest BCUT2D eigenvalue weighted by molar-refractivity contribution is -0.116. The van der Waals surface area contributed by atoms with E-state index >= 15 is 0 Å². The van der Waals surface area contributed by atoms with E-state index in [1.54, 1.807) is 18.7 Å². The van der Waals surface area contributed by atoms with E-state index in [1.807, 2.05) is 52.9 Å². The van der Waals surface area contributed by atoms with Crippen molar-refractivity contribution in [2.45, 2.75) is 12.3 Å². The Bertz CT molecular complexity index is 1320. The van der Waals surface area contributed by atoms with E-state index in [1.165, 1.54) is 0 Å². The number of nitrogens with one attached hydrogen (secondary N) is 1.